The lowest BCUT2D eigenvalue weighted by molar-refractivity contribution is 0.0697. The predicted octanol–water partition coefficient (Wildman–Crippen LogP) is 4.63. The lowest BCUT2D eigenvalue weighted by atomic mass is 10.1. The number of hydrogen-bond acceptors (Lipinski definition) is 5. The topological polar surface area (TPSA) is 92.9 Å². The number of nitrogens with zero attached hydrogens (tertiary/aromatic N) is 4. The summed E-state index contributed by atoms with van der Waals surface area (Å²) in [5, 5.41) is 19.9. The Morgan fingerprint density at radius 3 is 2.63 bits per heavy atom. The number of carboxylic acids is 1. The lowest BCUT2D eigenvalue weighted by Crippen LogP contribution is -2.02. The van der Waals surface area contributed by atoms with E-state index >= 15 is 0 Å². The van der Waals surface area contributed by atoms with Gasteiger partial charge in [-0.2, -0.15) is 5.10 Å². The summed E-state index contributed by atoms with van der Waals surface area (Å²) in [5.41, 5.74) is 2.65. The number of aromatic nitrogens is 4. The Balaban J connectivity index is 1.65. The maximum absolute atomic E-state index is 11.4. The van der Waals surface area contributed by atoms with E-state index in [1.807, 2.05) is 49.5 Å². The summed E-state index contributed by atoms with van der Waals surface area (Å²) < 4.78 is 1.76. The Morgan fingerprint density at radius 2 is 1.83 bits per heavy atom. The first-order valence-electron chi connectivity index (χ1n) is 9.37. The minimum absolute atomic E-state index is 0.191. The van der Waals surface area contributed by atoms with Crippen LogP contribution in [0.3, 0.4) is 0 Å². The number of carbonyl (C=O) groups is 1. The Hall–Kier alpha value is -4.26. The van der Waals surface area contributed by atoms with E-state index in [-0.39, 0.29) is 5.56 Å². The quantitative estimate of drug-likeness (QED) is 0.431. The summed E-state index contributed by atoms with van der Waals surface area (Å²) in [7, 11) is 1.86. The van der Waals surface area contributed by atoms with Crippen molar-refractivity contribution in [2.45, 2.75) is 0 Å². The molecule has 146 valence electrons. The van der Waals surface area contributed by atoms with E-state index in [0.717, 1.165) is 33.2 Å². The first-order valence-corrected chi connectivity index (χ1v) is 9.37. The van der Waals surface area contributed by atoms with Crippen LogP contribution in [0.15, 0.2) is 73.1 Å². The number of hydrogen-bond donors (Lipinski definition) is 2. The number of anilines is 2. The summed E-state index contributed by atoms with van der Waals surface area (Å²) >= 11 is 0. The number of rotatable bonds is 4. The molecule has 0 saturated carbocycles. The van der Waals surface area contributed by atoms with Crippen LogP contribution in [0.2, 0.25) is 0 Å². The van der Waals surface area contributed by atoms with Gasteiger partial charge in [-0.3, -0.25) is 9.67 Å². The molecule has 0 spiro atoms. The molecule has 2 aromatic carbocycles. The highest BCUT2D eigenvalue weighted by atomic mass is 16.4. The van der Waals surface area contributed by atoms with Gasteiger partial charge in [-0.1, -0.05) is 36.4 Å². The number of benzene rings is 2. The average molecular weight is 395 g/mol. The van der Waals surface area contributed by atoms with Gasteiger partial charge in [0.15, 0.2) is 0 Å². The molecule has 5 aromatic rings. The standard InChI is InChI=1S/C23H17N5O2/c1-28-21(12-19(27-28)14-5-3-2-4-6-14)26-22-17-9-10-24-13-18(17)16-8-7-15(23(29)30)11-20(16)25-22/h2-13H,1H3,(H,25,26)(H,29,30). The van der Waals surface area contributed by atoms with Crippen molar-refractivity contribution in [3.05, 3.63) is 78.6 Å². The molecular weight excluding hydrogens is 378 g/mol. The van der Waals surface area contributed by atoms with Crippen LogP contribution in [-0.2, 0) is 7.05 Å². The Bertz CT molecular complexity index is 1410. The van der Waals surface area contributed by atoms with Gasteiger partial charge in [-0.05, 0) is 18.2 Å². The number of aryl methyl sites for hydroxylation is 1. The van der Waals surface area contributed by atoms with E-state index in [0.29, 0.717) is 11.3 Å². The number of nitrogens with one attached hydrogen (secondary N) is 1. The smallest absolute Gasteiger partial charge is 0.335 e. The molecule has 0 bridgehead atoms. The molecule has 7 nitrogen and oxygen atoms in total. The van der Waals surface area contributed by atoms with Crippen molar-refractivity contribution in [2.24, 2.45) is 7.05 Å². The third kappa shape index (κ3) is 3.02. The second-order valence-electron chi connectivity index (χ2n) is 6.95. The fraction of sp³-hybridized carbons (Fsp3) is 0.0435. The molecule has 30 heavy (non-hydrogen) atoms. The van der Waals surface area contributed by atoms with Crippen molar-refractivity contribution in [1.29, 1.82) is 0 Å². The molecule has 0 radical (unpaired) electrons. The van der Waals surface area contributed by atoms with Crippen molar-refractivity contribution in [3.63, 3.8) is 0 Å². The summed E-state index contributed by atoms with van der Waals surface area (Å²) in [5.74, 6) is 0.400. The van der Waals surface area contributed by atoms with Gasteiger partial charge in [0.1, 0.15) is 11.6 Å². The van der Waals surface area contributed by atoms with E-state index in [2.05, 4.69) is 15.4 Å². The fourth-order valence-corrected chi connectivity index (χ4v) is 3.53. The third-order valence-corrected chi connectivity index (χ3v) is 5.04. The molecular formula is C23H17N5O2. The molecule has 3 aromatic heterocycles. The van der Waals surface area contributed by atoms with Gasteiger partial charge in [-0.15, -0.1) is 0 Å². The number of aromatic carboxylic acids is 1. The van der Waals surface area contributed by atoms with Gasteiger partial charge in [0.05, 0.1) is 16.8 Å². The molecule has 0 atom stereocenters. The highest BCUT2D eigenvalue weighted by molar-refractivity contribution is 6.11. The number of pyridine rings is 2. The zero-order chi connectivity index (χ0) is 20.7. The van der Waals surface area contributed by atoms with Crippen LogP contribution in [0, 0.1) is 0 Å². The van der Waals surface area contributed by atoms with Crippen molar-refractivity contribution in [1.82, 2.24) is 19.7 Å². The van der Waals surface area contributed by atoms with Crippen molar-refractivity contribution >= 4 is 39.3 Å². The van der Waals surface area contributed by atoms with Crippen molar-refractivity contribution in [3.8, 4) is 11.3 Å². The molecule has 0 aliphatic rings. The molecule has 0 amide bonds. The molecule has 0 saturated heterocycles. The van der Waals surface area contributed by atoms with Gasteiger partial charge < -0.3 is 10.4 Å². The Morgan fingerprint density at radius 1 is 1.00 bits per heavy atom. The van der Waals surface area contributed by atoms with Gasteiger partial charge in [0.2, 0.25) is 0 Å². The van der Waals surface area contributed by atoms with Gasteiger partial charge >= 0.3 is 5.97 Å². The average Bonchev–Trinajstić information content (AvgIpc) is 3.14. The minimum Gasteiger partial charge on any atom is -0.478 e. The predicted molar refractivity (Wildman–Crippen MR) is 116 cm³/mol. The maximum atomic E-state index is 11.4. The van der Waals surface area contributed by atoms with Gasteiger partial charge in [0.25, 0.3) is 0 Å². The highest BCUT2D eigenvalue weighted by Crippen LogP contribution is 2.32. The van der Waals surface area contributed by atoms with E-state index < -0.39 is 5.97 Å². The van der Waals surface area contributed by atoms with E-state index in [4.69, 9.17) is 4.98 Å². The number of fused-ring (bicyclic) bond motifs is 3. The first-order chi connectivity index (χ1) is 14.6. The third-order valence-electron chi connectivity index (χ3n) is 5.04. The van der Waals surface area contributed by atoms with Crippen LogP contribution in [0.4, 0.5) is 11.6 Å². The van der Waals surface area contributed by atoms with E-state index in [1.54, 1.807) is 35.3 Å². The van der Waals surface area contributed by atoms with Crippen molar-refractivity contribution in [2.75, 3.05) is 5.32 Å². The monoisotopic (exact) mass is 395 g/mol. The van der Waals surface area contributed by atoms with Crippen molar-refractivity contribution < 1.29 is 9.90 Å². The summed E-state index contributed by atoms with van der Waals surface area (Å²) in [4.78, 5) is 20.4. The van der Waals surface area contributed by atoms with Crippen LogP contribution in [-0.4, -0.2) is 30.8 Å². The van der Waals surface area contributed by atoms with Gasteiger partial charge in [-0.25, -0.2) is 9.78 Å². The summed E-state index contributed by atoms with van der Waals surface area (Å²) in [6.07, 6.45) is 3.48. The second kappa shape index (κ2) is 6.97. The summed E-state index contributed by atoms with van der Waals surface area (Å²) in [6.45, 7) is 0. The second-order valence-corrected chi connectivity index (χ2v) is 6.95. The Labute approximate surface area is 171 Å². The maximum Gasteiger partial charge on any atom is 0.335 e. The van der Waals surface area contributed by atoms with Crippen LogP contribution in [0.1, 0.15) is 10.4 Å². The zero-order valence-electron chi connectivity index (χ0n) is 16.1. The van der Waals surface area contributed by atoms with E-state index in [1.165, 1.54) is 0 Å². The molecule has 3 heterocycles. The van der Waals surface area contributed by atoms with Crippen LogP contribution < -0.4 is 5.32 Å². The van der Waals surface area contributed by atoms with E-state index in [9.17, 15) is 9.90 Å². The van der Waals surface area contributed by atoms with Crippen LogP contribution >= 0.6 is 0 Å². The number of carboxylic acid groups (broad SMARTS) is 1. The fourth-order valence-electron chi connectivity index (χ4n) is 3.53. The lowest BCUT2D eigenvalue weighted by Gasteiger charge is -2.11. The SMILES string of the molecule is Cn1nc(-c2ccccc2)cc1Nc1nc2cc(C(=O)O)ccc2c2cnccc12. The molecule has 0 aliphatic heterocycles. The molecule has 2 N–H and O–H groups in total. The minimum atomic E-state index is -0.987. The molecule has 0 fully saturated rings. The normalized spacial score (nSPS) is 11.1. The highest BCUT2D eigenvalue weighted by Gasteiger charge is 2.14. The molecule has 5 rings (SSSR count). The Kier molecular flexibility index (Phi) is 4.14. The molecule has 0 aliphatic carbocycles. The molecule has 7 heteroatoms. The van der Waals surface area contributed by atoms with Crippen LogP contribution in [0.5, 0.6) is 0 Å². The zero-order valence-corrected chi connectivity index (χ0v) is 16.1. The largest absolute Gasteiger partial charge is 0.478 e. The first kappa shape index (κ1) is 17.8. The van der Waals surface area contributed by atoms with Gasteiger partial charge in [0, 0.05) is 47.2 Å². The molecule has 0 unspecified atom stereocenters. The summed E-state index contributed by atoms with van der Waals surface area (Å²) in [6, 6.07) is 18.7. The van der Waals surface area contributed by atoms with Crippen LogP contribution in [0.25, 0.3) is 32.9 Å².